The smallest absolute Gasteiger partial charge is 0.272 e. The Hall–Kier alpha value is -2.83. The molecule has 0 saturated carbocycles. The fraction of sp³-hybridized carbons (Fsp3) is 0.176. The van der Waals surface area contributed by atoms with Gasteiger partial charge in [0, 0.05) is 23.2 Å². The second-order valence-electron chi connectivity index (χ2n) is 5.89. The van der Waals surface area contributed by atoms with Crippen molar-refractivity contribution in [2.45, 2.75) is 18.9 Å². The molecule has 0 amide bonds. The van der Waals surface area contributed by atoms with E-state index in [-0.39, 0.29) is 17.0 Å². The van der Waals surface area contributed by atoms with Crippen molar-refractivity contribution in [3.8, 4) is 0 Å². The molecule has 122 valence electrons. The number of hydrogen-bond donors (Lipinski definition) is 2. The number of benzene rings is 2. The summed E-state index contributed by atoms with van der Waals surface area (Å²) >= 11 is 0. The Morgan fingerprint density at radius 3 is 2.62 bits per heavy atom. The van der Waals surface area contributed by atoms with Crippen LogP contribution >= 0.6 is 0 Å². The fourth-order valence-electron chi connectivity index (χ4n) is 3.36. The largest absolute Gasteiger partial charge is 0.381 e. The van der Waals surface area contributed by atoms with Crippen LogP contribution in [0.5, 0.6) is 0 Å². The molecule has 0 saturated heterocycles. The fourth-order valence-corrected chi connectivity index (χ4v) is 3.36. The van der Waals surface area contributed by atoms with Crippen LogP contribution in [0.25, 0.3) is 10.8 Å². The van der Waals surface area contributed by atoms with Crippen molar-refractivity contribution in [3.63, 3.8) is 0 Å². The van der Waals surface area contributed by atoms with Gasteiger partial charge in [0.15, 0.2) is 0 Å². The molecule has 0 aliphatic carbocycles. The van der Waals surface area contributed by atoms with E-state index in [4.69, 9.17) is 0 Å². The summed E-state index contributed by atoms with van der Waals surface area (Å²) in [5.74, 6) is -2.47. The lowest BCUT2D eigenvalue weighted by atomic mass is 9.83. The number of halogens is 3. The molecule has 2 aromatic carbocycles. The SMILES string of the molecule is CC1Nc2cc(F)cc3c(=O)[nH]nc(c23)C1c1ccc(F)cc1F. The minimum Gasteiger partial charge on any atom is -0.381 e. The van der Waals surface area contributed by atoms with Gasteiger partial charge in [0.2, 0.25) is 0 Å². The lowest BCUT2D eigenvalue weighted by Crippen LogP contribution is -2.32. The first-order chi connectivity index (χ1) is 11.5. The number of nitrogens with one attached hydrogen (secondary N) is 2. The summed E-state index contributed by atoms with van der Waals surface area (Å²) in [7, 11) is 0. The van der Waals surface area contributed by atoms with Gasteiger partial charge in [0.05, 0.1) is 17.0 Å². The first kappa shape index (κ1) is 14.7. The molecule has 1 aromatic heterocycles. The van der Waals surface area contributed by atoms with Crippen molar-refractivity contribution in [1.29, 1.82) is 0 Å². The molecule has 4 rings (SSSR count). The molecule has 0 fully saturated rings. The lowest BCUT2D eigenvalue weighted by Gasteiger charge is -2.32. The summed E-state index contributed by atoms with van der Waals surface area (Å²) in [5, 5.41) is 10.1. The summed E-state index contributed by atoms with van der Waals surface area (Å²) in [5.41, 5.74) is 0.595. The number of nitrogens with zero attached hydrogens (tertiary/aromatic N) is 1. The average molecular weight is 331 g/mol. The Balaban J connectivity index is 2.04. The number of H-pyrrole nitrogens is 1. The second-order valence-corrected chi connectivity index (χ2v) is 5.89. The summed E-state index contributed by atoms with van der Waals surface area (Å²) in [6, 6.07) is 5.42. The van der Waals surface area contributed by atoms with E-state index in [0.29, 0.717) is 16.8 Å². The van der Waals surface area contributed by atoms with Crippen molar-refractivity contribution in [1.82, 2.24) is 10.2 Å². The number of rotatable bonds is 1. The van der Waals surface area contributed by atoms with Gasteiger partial charge in [0.25, 0.3) is 5.56 Å². The van der Waals surface area contributed by atoms with Crippen molar-refractivity contribution in [2.75, 3.05) is 5.32 Å². The predicted octanol–water partition coefficient (Wildman–Crippen LogP) is 3.29. The summed E-state index contributed by atoms with van der Waals surface area (Å²) in [6.45, 7) is 1.79. The Morgan fingerprint density at radius 1 is 1.08 bits per heavy atom. The summed E-state index contributed by atoms with van der Waals surface area (Å²) in [4.78, 5) is 12.0. The Labute approximate surface area is 134 Å². The van der Waals surface area contributed by atoms with Gasteiger partial charge in [-0.05, 0) is 30.7 Å². The summed E-state index contributed by atoms with van der Waals surface area (Å²) in [6.07, 6.45) is 0. The third-order valence-electron chi connectivity index (χ3n) is 4.36. The maximum atomic E-state index is 14.3. The van der Waals surface area contributed by atoms with Crippen LogP contribution in [0.2, 0.25) is 0 Å². The molecule has 3 aromatic rings. The monoisotopic (exact) mass is 331 g/mol. The van der Waals surface area contributed by atoms with E-state index in [2.05, 4.69) is 15.5 Å². The second kappa shape index (κ2) is 5.09. The Bertz CT molecular complexity index is 1030. The topological polar surface area (TPSA) is 57.8 Å². The third kappa shape index (κ3) is 2.08. The zero-order chi connectivity index (χ0) is 17.0. The van der Waals surface area contributed by atoms with Crippen molar-refractivity contribution >= 4 is 16.5 Å². The average Bonchev–Trinajstić information content (AvgIpc) is 2.51. The highest BCUT2D eigenvalue weighted by Gasteiger charge is 2.33. The van der Waals surface area contributed by atoms with E-state index in [0.717, 1.165) is 12.1 Å². The van der Waals surface area contributed by atoms with Gasteiger partial charge in [-0.15, -0.1) is 0 Å². The zero-order valence-electron chi connectivity index (χ0n) is 12.5. The van der Waals surface area contributed by atoms with Crippen LogP contribution in [0.1, 0.15) is 24.1 Å². The molecule has 4 nitrogen and oxygen atoms in total. The van der Waals surface area contributed by atoms with Crippen molar-refractivity contribution in [2.24, 2.45) is 0 Å². The highest BCUT2D eigenvalue weighted by Crippen LogP contribution is 2.40. The van der Waals surface area contributed by atoms with Crippen LogP contribution in [0.3, 0.4) is 0 Å². The number of aromatic amines is 1. The van der Waals surface area contributed by atoms with Crippen molar-refractivity contribution < 1.29 is 13.2 Å². The van der Waals surface area contributed by atoms with E-state index in [1.54, 1.807) is 6.92 Å². The Morgan fingerprint density at radius 2 is 1.88 bits per heavy atom. The molecular formula is C17H12F3N3O. The highest BCUT2D eigenvalue weighted by molar-refractivity contribution is 5.97. The van der Waals surface area contributed by atoms with E-state index < -0.39 is 28.9 Å². The molecule has 2 unspecified atom stereocenters. The van der Waals surface area contributed by atoms with Crippen LogP contribution in [0, 0.1) is 17.5 Å². The van der Waals surface area contributed by atoms with E-state index in [1.807, 2.05) is 0 Å². The standard InChI is InChI=1S/C17H12F3N3O/c1-7-14(10-3-2-8(18)5-12(10)20)16-15-11(17(24)23-22-16)4-9(19)6-13(15)21-7/h2-7,14,21H,1H3,(H,23,24). The van der Waals surface area contributed by atoms with Crippen LogP contribution in [-0.4, -0.2) is 16.2 Å². The predicted molar refractivity (Wildman–Crippen MR) is 83.6 cm³/mol. The minimum atomic E-state index is -0.694. The van der Waals surface area contributed by atoms with Crippen molar-refractivity contribution in [3.05, 3.63) is 69.4 Å². The molecule has 0 radical (unpaired) electrons. The van der Waals surface area contributed by atoms with Gasteiger partial charge in [0.1, 0.15) is 17.5 Å². The van der Waals surface area contributed by atoms with E-state index >= 15 is 0 Å². The van der Waals surface area contributed by atoms with Gasteiger partial charge in [-0.2, -0.15) is 5.10 Å². The molecule has 0 bridgehead atoms. The number of hydrogen-bond acceptors (Lipinski definition) is 3. The van der Waals surface area contributed by atoms with Gasteiger partial charge in [-0.3, -0.25) is 4.79 Å². The highest BCUT2D eigenvalue weighted by atomic mass is 19.1. The molecule has 1 aliphatic heterocycles. The van der Waals surface area contributed by atoms with Gasteiger partial charge in [-0.25, -0.2) is 18.3 Å². The first-order valence-electron chi connectivity index (χ1n) is 7.39. The molecule has 2 atom stereocenters. The van der Waals surface area contributed by atoms with Crippen LogP contribution < -0.4 is 10.9 Å². The minimum absolute atomic E-state index is 0.141. The van der Waals surface area contributed by atoms with Gasteiger partial charge >= 0.3 is 0 Å². The molecule has 7 heteroatoms. The molecule has 24 heavy (non-hydrogen) atoms. The number of anilines is 1. The van der Waals surface area contributed by atoms with Crippen LogP contribution in [0.15, 0.2) is 35.1 Å². The molecule has 2 N–H and O–H groups in total. The molecular weight excluding hydrogens is 319 g/mol. The van der Waals surface area contributed by atoms with E-state index in [1.165, 1.54) is 18.2 Å². The lowest BCUT2D eigenvalue weighted by molar-refractivity contribution is 0.546. The van der Waals surface area contributed by atoms with Crippen LogP contribution in [-0.2, 0) is 0 Å². The van der Waals surface area contributed by atoms with E-state index in [9.17, 15) is 18.0 Å². The Kier molecular flexibility index (Phi) is 3.13. The maximum Gasteiger partial charge on any atom is 0.272 e. The maximum absolute atomic E-state index is 14.3. The third-order valence-corrected chi connectivity index (χ3v) is 4.36. The molecule has 1 aliphatic rings. The molecule has 0 spiro atoms. The first-order valence-corrected chi connectivity index (χ1v) is 7.39. The normalized spacial score (nSPS) is 19.3. The number of aromatic nitrogens is 2. The van der Waals surface area contributed by atoms with Gasteiger partial charge in [-0.1, -0.05) is 6.07 Å². The van der Waals surface area contributed by atoms with Gasteiger partial charge < -0.3 is 5.32 Å². The molecule has 2 heterocycles. The zero-order valence-corrected chi connectivity index (χ0v) is 12.5. The quantitative estimate of drug-likeness (QED) is 0.719. The summed E-state index contributed by atoms with van der Waals surface area (Å²) < 4.78 is 41.3. The van der Waals surface area contributed by atoms with Crippen LogP contribution in [0.4, 0.5) is 18.9 Å².